The SMILES string of the molecule is Cc1cc(C)c(S(=O)(=O)NCCC(=O)NCc2ncccc2C)c(C)c1. The molecular weight excluding hydrogens is 350 g/mol. The van der Waals surface area contributed by atoms with Crippen molar-refractivity contribution in [2.24, 2.45) is 0 Å². The first-order valence-corrected chi connectivity index (χ1v) is 9.93. The second-order valence-corrected chi connectivity index (χ2v) is 8.12. The molecule has 1 aromatic heterocycles. The van der Waals surface area contributed by atoms with E-state index < -0.39 is 10.0 Å². The monoisotopic (exact) mass is 375 g/mol. The van der Waals surface area contributed by atoms with Gasteiger partial charge < -0.3 is 5.32 Å². The standard InChI is InChI=1S/C19H25N3O3S/c1-13-10-15(3)19(16(4)11-13)26(24,25)22-9-7-18(23)21-12-17-14(2)6-5-8-20-17/h5-6,8,10-11,22H,7,9,12H2,1-4H3,(H,21,23). The van der Waals surface area contributed by atoms with Crippen LogP contribution in [0.25, 0.3) is 0 Å². The first-order valence-electron chi connectivity index (χ1n) is 8.45. The highest BCUT2D eigenvalue weighted by molar-refractivity contribution is 7.89. The highest BCUT2D eigenvalue weighted by Gasteiger charge is 2.19. The van der Waals surface area contributed by atoms with Crippen molar-refractivity contribution in [2.75, 3.05) is 6.54 Å². The number of rotatable bonds is 7. The van der Waals surface area contributed by atoms with Crippen molar-refractivity contribution in [3.63, 3.8) is 0 Å². The predicted octanol–water partition coefficient (Wildman–Crippen LogP) is 2.30. The topological polar surface area (TPSA) is 88.2 Å². The molecule has 2 rings (SSSR count). The van der Waals surface area contributed by atoms with Crippen molar-refractivity contribution in [2.45, 2.75) is 45.6 Å². The van der Waals surface area contributed by atoms with Gasteiger partial charge in [-0.15, -0.1) is 0 Å². The van der Waals surface area contributed by atoms with E-state index in [1.807, 2.05) is 38.1 Å². The molecule has 2 aromatic rings. The second-order valence-electron chi connectivity index (χ2n) is 6.42. The molecule has 0 aliphatic rings. The molecule has 0 aliphatic heterocycles. The molecule has 26 heavy (non-hydrogen) atoms. The van der Waals surface area contributed by atoms with Gasteiger partial charge in [-0.05, 0) is 50.5 Å². The highest BCUT2D eigenvalue weighted by Crippen LogP contribution is 2.21. The van der Waals surface area contributed by atoms with Gasteiger partial charge in [0.1, 0.15) is 0 Å². The lowest BCUT2D eigenvalue weighted by Crippen LogP contribution is -2.31. The smallest absolute Gasteiger partial charge is 0.241 e. The summed E-state index contributed by atoms with van der Waals surface area (Å²) in [6.45, 7) is 7.77. The number of aryl methyl sites for hydroxylation is 4. The van der Waals surface area contributed by atoms with Gasteiger partial charge in [-0.3, -0.25) is 9.78 Å². The number of hydrogen-bond donors (Lipinski definition) is 2. The minimum atomic E-state index is -3.65. The average Bonchev–Trinajstić information content (AvgIpc) is 2.52. The van der Waals surface area contributed by atoms with Gasteiger partial charge in [-0.2, -0.15) is 0 Å². The molecule has 0 atom stereocenters. The molecule has 140 valence electrons. The Hall–Kier alpha value is -2.25. The zero-order valence-corrected chi connectivity index (χ0v) is 16.4. The third kappa shape index (κ3) is 5.12. The third-order valence-corrected chi connectivity index (χ3v) is 5.85. The summed E-state index contributed by atoms with van der Waals surface area (Å²) in [5, 5.41) is 2.76. The largest absolute Gasteiger partial charge is 0.350 e. The van der Waals surface area contributed by atoms with E-state index in [2.05, 4.69) is 15.0 Å². The van der Waals surface area contributed by atoms with Gasteiger partial charge in [0, 0.05) is 19.2 Å². The van der Waals surface area contributed by atoms with Crippen LogP contribution in [-0.4, -0.2) is 25.9 Å². The first-order chi connectivity index (χ1) is 12.2. The summed E-state index contributed by atoms with van der Waals surface area (Å²) < 4.78 is 27.6. The molecule has 0 radical (unpaired) electrons. The summed E-state index contributed by atoms with van der Waals surface area (Å²) in [7, 11) is -3.65. The number of carbonyl (C=O) groups is 1. The number of nitrogens with zero attached hydrogens (tertiary/aromatic N) is 1. The summed E-state index contributed by atoms with van der Waals surface area (Å²) in [5.41, 5.74) is 4.21. The summed E-state index contributed by atoms with van der Waals surface area (Å²) >= 11 is 0. The van der Waals surface area contributed by atoms with Crippen molar-refractivity contribution < 1.29 is 13.2 Å². The molecule has 7 heteroatoms. The van der Waals surface area contributed by atoms with E-state index in [-0.39, 0.29) is 23.8 Å². The first kappa shape index (κ1) is 20.1. The maximum Gasteiger partial charge on any atom is 0.241 e. The van der Waals surface area contributed by atoms with Gasteiger partial charge in [0.05, 0.1) is 17.1 Å². The van der Waals surface area contributed by atoms with Gasteiger partial charge in [0.2, 0.25) is 15.9 Å². The number of benzene rings is 1. The number of carbonyl (C=O) groups excluding carboxylic acids is 1. The van der Waals surface area contributed by atoms with Crippen LogP contribution in [0.3, 0.4) is 0 Å². The Morgan fingerprint density at radius 2 is 1.73 bits per heavy atom. The van der Waals surface area contributed by atoms with E-state index in [0.717, 1.165) is 16.8 Å². The maximum absolute atomic E-state index is 12.5. The number of nitrogens with one attached hydrogen (secondary N) is 2. The normalized spacial score (nSPS) is 11.4. The quantitative estimate of drug-likeness (QED) is 0.777. The number of aromatic nitrogens is 1. The van der Waals surface area contributed by atoms with Crippen molar-refractivity contribution in [1.82, 2.24) is 15.0 Å². The number of amides is 1. The molecule has 0 aliphatic carbocycles. The molecule has 0 spiro atoms. The predicted molar refractivity (Wildman–Crippen MR) is 101 cm³/mol. The Morgan fingerprint density at radius 3 is 2.35 bits per heavy atom. The lowest BCUT2D eigenvalue weighted by molar-refractivity contribution is -0.121. The van der Waals surface area contributed by atoms with Crippen LogP contribution in [0.2, 0.25) is 0 Å². The minimum Gasteiger partial charge on any atom is -0.350 e. The van der Waals surface area contributed by atoms with E-state index in [0.29, 0.717) is 17.7 Å². The van der Waals surface area contributed by atoms with Crippen molar-refractivity contribution in [1.29, 1.82) is 0 Å². The summed E-state index contributed by atoms with van der Waals surface area (Å²) in [5.74, 6) is -0.227. The van der Waals surface area contributed by atoms with Crippen LogP contribution < -0.4 is 10.0 Å². The van der Waals surface area contributed by atoms with Crippen LogP contribution in [0.5, 0.6) is 0 Å². The van der Waals surface area contributed by atoms with Gasteiger partial charge in [0.15, 0.2) is 0 Å². The molecule has 6 nitrogen and oxygen atoms in total. The lowest BCUT2D eigenvalue weighted by atomic mass is 10.1. The summed E-state index contributed by atoms with van der Waals surface area (Å²) in [6.07, 6.45) is 1.74. The van der Waals surface area contributed by atoms with E-state index in [4.69, 9.17) is 0 Å². The Kier molecular flexibility index (Phi) is 6.50. The zero-order valence-electron chi connectivity index (χ0n) is 15.6. The zero-order chi connectivity index (χ0) is 19.3. The fourth-order valence-electron chi connectivity index (χ4n) is 2.94. The molecular formula is C19H25N3O3S. The lowest BCUT2D eigenvalue weighted by Gasteiger charge is -2.13. The Labute approximate surface area is 155 Å². The third-order valence-electron chi connectivity index (χ3n) is 4.09. The molecule has 0 saturated carbocycles. The van der Waals surface area contributed by atoms with Gasteiger partial charge in [-0.25, -0.2) is 13.1 Å². The van der Waals surface area contributed by atoms with E-state index >= 15 is 0 Å². The van der Waals surface area contributed by atoms with Gasteiger partial charge >= 0.3 is 0 Å². The van der Waals surface area contributed by atoms with Crippen LogP contribution >= 0.6 is 0 Å². The maximum atomic E-state index is 12.5. The fourth-order valence-corrected chi connectivity index (χ4v) is 4.42. The molecule has 0 fully saturated rings. The highest BCUT2D eigenvalue weighted by atomic mass is 32.2. The Bertz CT molecular complexity index is 885. The van der Waals surface area contributed by atoms with Crippen molar-refractivity contribution in [3.8, 4) is 0 Å². The molecule has 0 bridgehead atoms. The fraction of sp³-hybridized carbons (Fsp3) is 0.368. The van der Waals surface area contributed by atoms with E-state index in [1.165, 1.54) is 0 Å². The number of sulfonamides is 1. The van der Waals surface area contributed by atoms with E-state index in [9.17, 15) is 13.2 Å². The Balaban J connectivity index is 1.90. The Morgan fingerprint density at radius 1 is 1.08 bits per heavy atom. The minimum absolute atomic E-state index is 0.0438. The summed E-state index contributed by atoms with van der Waals surface area (Å²) in [6, 6.07) is 7.44. The molecule has 0 saturated heterocycles. The molecule has 2 N–H and O–H groups in total. The molecule has 0 unspecified atom stereocenters. The van der Waals surface area contributed by atoms with Gasteiger partial charge in [0.25, 0.3) is 0 Å². The molecule has 1 amide bonds. The number of hydrogen-bond acceptors (Lipinski definition) is 4. The van der Waals surface area contributed by atoms with Crippen LogP contribution in [0.1, 0.15) is 34.4 Å². The van der Waals surface area contributed by atoms with E-state index in [1.54, 1.807) is 20.0 Å². The van der Waals surface area contributed by atoms with Crippen LogP contribution in [0.15, 0.2) is 35.4 Å². The molecule has 1 heterocycles. The van der Waals surface area contributed by atoms with Crippen LogP contribution in [0, 0.1) is 27.7 Å². The van der Waals surface area contributed by atoms with Crippen molar-refractivity contribution >= 4 is 15.9 Å². The summed E-state index contributed by atoms with van der Waals surface area (Å²) in [4.78, 5) is 16.4. The van der Waals surface area contributed by atoms with Crippen molar-refractivity contribution in [3.05, 3.63) is 58.4 Å². The second kappa shape index (κ2) is 8.42. The van der Waals surface area contributed by atoms with Crippen LogP contribution in [-0.2, 0) is 21.4 Å². The van der Waals surface area contributed by atoms with Crippen LogP contribution in [0.4, 0.5) is 0 Å². The molecule has 1 aromatic carbocycles. The van der Waals surface area contributed by atoms with Gasteiger partial charge in [-0.1, -0.05) is 23.8 Å². The average molecular weight is 375 g/mol. The number of pyridine rings is 1.